The molecule has 0 saturated carbocycles. The van der Waals surface area contributed by atoms with Crippen molar-refractivity contribution in [1.82, 2.24) is 10.6 Å². The summed E-state index contributed by atoms with van der Waals surface area (Å²) in [6.07, 6.45) is 4.36. The number of hydrogen-bond donors (Lipinski definition) is 2. The molecule has 0 unspecified atom stereocenters. The Bertz CT molecular complexity index is 921. The molecule has 3 rings (SSSR count). The molecule has 0 bridgehead atoms. The molecule has 2 N–H and O–H groups in total. The van der Waals surface area contributed by atoms with E-state index in [0.29, 0.717) is 0 Å². The number of fused-ring (bicyclic) bond motifs is 1. The van der Waals surface area contributed by atoms with Crippen molar-refractivity contribution < 1.29 is 19.1 Å². The monoisotopic (exact) mass is 392 g/mol. The first-order valence-electron chi connectivity index (χ1n) is 9.61. The quantitative estimate of drug-likeness (QED) is 0.585. The van der Waals surface area contributed by atoms with Crippen molar-refractivity contribution in [3.63, 3.8) is 0 Å². The minimum atomic E-state index is -0.761. The van der Waals surface area contributed by atoms with Crippen LogP contribution in [0.4, 0.5) is 0 Å². The molecule has 1 aliphatic rings. The molecule has 6 nitrogen and oxygen atoms in total. The summed E-state index contributed by atoms with van der Waals surface area (Å²) in [5, 5.41) is 5.40. The summed E-state index contributed by atoms with van der Waals surface area (Å²) < 4.78 is 5.13. The first kappa shape index (κ1) is 20.3. The Labute approximate surface area is 170 Å². The van der Waals surface area contributed by atoms with E-state index in [1.165, 1.54) is 18.6 Å². The van der Waals surface area contributed by atoms with Gasteiger partial charge in [0.05, 0.1) is 6.04 Å². The normalized spacial score (nSPS) is 15.8. The van der Waals surface area contributed by atoms with Crippen LogP contribution in [0, 0.1) is 0 Å². The number of esters is 1. The van der Waals surface area contributed by atoms with E-state index in [0.717, 1.165) is 30.4 Å². The third kappa shape index (κ3) is 5.78. The van der Waals surface area contributed by atoms with Gasteiger partial charge in [0.1, 0.15) is 5.70 Å². The van der Waals surface area contributed by atoms with Gasteiger partial charge in [0.2, 0.25) is 5.91 Å². The lowest BCUT2D eigenvalue weighted by molar-refractivity contribution is -0.145. The average molecular weight is 392 g/mol. The Hall–Kier alpha value is -3.41. The van der Waals surface area contributed by atoms with Crippen LogP contribution < -0.4 is 10.6 Å². The van der Waals surface area contributed by atoms with Crippen molar-refractivity contribution >= 4 is 23.9 Å². The summed E-state index contributed by atoms with van der Waals surface area (Å²) >= 11 is 0. The molecule has 1 atom stereocenters. The Balaban J connectivity index is 1.60. The summed E-state index contributed by atoms with van der Waals surface area (Å²) in [6, 6.07) is 17.0. The third-order valence-corrected chi connectivity index (χ3v) is 4.68. The van der Waals surface area contributed by atoms with Crippen LogP contribution in [0.5, 0.6) is 0 Å². The molecule has 0 radical (unpaired) electrons. The van der Waals surface area contributed by atoms with Gasteiger partial charge in [-0.1, -0.05) is 54.6 Å². The van der Waals surface area contributed by atoms with Crippen molar-refractivity contribution in [2.24, 2.45) is 0 Å². The zero-order chi connectivity index (χ0) is 20.6. The van der Waals surface area contributed by atoms with Crippen LogP contribution >= 0.6 is 0 Å². The van der Waals surface area contributed by atoms with Gasteiger partial charge >= 0.3 is 5.97 Å². The number of amides is 2. The summed E-state index contributed by atoms with van der Waals surface area (Å²) in [7, 11) is 0. The number of ether oxygens (including phenoxy) is 1. The summed E-state index contributed by atoms with van der Waals surface area (Å²) in [5.74, 6) is -1.53. The number of rotatable bonds is 6. The smallest absolute Gasteiger partial charge is 0.355 e. The number of hydrogen-bond acceptors (Lipinski definition) is 4. The highest BCUT2D eigenvalue weighted by atomic mass is 16.5. The molecule has 2 amide bonds. The van der Waals surface area contributed by atoms with Crippen LogP contribution in [-0.4, -0.2) is 24.4 Å². The maximum Gasteiger partial charge on any atom is 0.355 e. The lowest BCUT2D eigenvalue weighted by Gasteiger charge is -2.26. The molecular formula is C23H24N2O4. The average Bonchev–Trinajstić information content (AvgIpc) is 2.72. The SMILES string of the molecule is CC(=O)N/C(=C\c1ccccc1)C(=O)OCC(=O)N[C@@H]1CCCc2ccccc21. The maximum absolute atomic E-state index is 12.4. The highest BCUT2D eigenvalue weighted by molar-refractivity contribution is 5.98. The number of benzene rings is 2. The Morgan fingerprint density at radius 1 is 1.07 bits per heavy atom. The maximum atomic E-state index is 12.4. The Kier molecular flexibility index (Phi) is 6.79. The molecule has 6 heteroatoms. The number of carbonyl (C=O) groups is 3. The molecule has 0 heterocycles. The minimum Gasteiger partial charge on any atom is -0.451 e. The molecule has 2 aromatic rings. The van der Waals surface area contributed by atoms with E-state index in [1.807, 2.05) is 36.4 Å². The van der Waals surface area contributed by atoms with Gasteiger partial charge in [-0.3, -0.25) is 9.59 Å². The molecule has 150 valence electrons. The van der Waals surface area contributed by atoms with Crippen LogP contribution in [0.15, 0.2) is 60.3 Å². The topological polar surface area (TPSA) is 84.5 Å². The van der Waals surface area contributed by atoms with Crippen molar-refractivity contribution in [3.8, 4) is 0 Å². The highest BCUT2D eigenvalue weighted by Gasteiger charge is 2.22. The zero-order valence-corrected chi connectivity index (χ0v) is 16.3. The van der Waals surface area contributed by atoms with Gasteiger partial charge in [-0.2, -0.15) is 0 Å². The van der Waals surface area contributed by atoms with Gasteiger partial charge in [0, 0.05) is 6.92 Å². The number of aryl methyl sites for hydroxylation is 1. The summed E-state index contributed by atoms with van der Waals surface area (Å²) in [6.45, 7) is 0.891. The molecule has 2 aromatic carbocycles. The molecule has 0 spiro atoms. The molecule has 0 aliphatic heterocycles. The van der Waals surface area contributed by atoms with Crippen molar-refractivity contribution in [2.75, 3.05) is 6.61 Å². The molecule has 29 heavy (non-hydrogen) atoms. The molecule has 1 aliphatic carbocycles. The third-order valence-electron chi connectivity index (χ3n) is 4.68. The predicted octanol–water partition coefficient (Wildman–Crippen LogP) is 2.90. The summed E-state index contributed by atoms with van der Waals surface area (Å²) in [4.78, 5) is 36.2. The van der Waals surface area contributed by atoms with Crippen LogP contribution in [0.1, 0.15) is 42.5 Å². The molecular weight excluding hydrogens is 368 g/mol. The van der Waals surface area contributed by atoms with E-state index in [1.54, 1.807) is 12.1 Å². The van der Waals surface area contributed by atoms with E-state index in [9.17, 15) is 14.4 Å². The fourth-order valence-electron chi connectivity index (χ4n) is 3.40. The van der Waals surface area contributed by atoms with Crippen LogP contribution in [0.2, 0.25) is 0 Å². The standard InChI is InChI=1S/C23H24N2O4/c1-16(26)24-21(14-17-8-3-2-4-9-17)23(28)29-15-22(27)25-20-13-7-11-18-10-5-6-12-19(18)20/h2-6,8-10,12,14,20H,7,11,13,15H2,1H3,(H,24,26)(H,25,27)/b21-14-/t20-/m1/s1. The highest BCUT2D eigenvalue weighted by Crippen LogP contribution is 2.29. The molecule has 0 saturated heterocycles. The first-order chi connectivity index (χ1) is 14.0. The van der Waals surface area contributed by atoms with Crippen molar-refractivity contribution in [1.29, 1.82) is 0 Å². The van der Waals surface area contributed by atoms with Crippen LogP contribution in [0.25, 0.3) is 6.08 Å². The van der Waals surface area contributed by atoms with E-state index in [4.69, 9.17) is 4.74 Å². The first-order valence-corrected chi connectivity index (χ1v) is 9.61. The largest absolute Gasteiger partial charge is 0.451 e. The summed E-state index contributed by atoms with van der Waals surface area (Å²) in [5.41, 5.74) is 3.07. The second-order valence-electron chi connectivity index (χ2n) is 6.94. The van der Waals surface area contributed by atoms with E-state index >= 15 is 0 Å². The molecule has 0 aromatic heterocycles. The van der Waals surface area contributed by atoms with E-state index in [2.05, 4.69) is 16.7 Å². The van der Waals surface area contributed by atoms with Crippen LogP contribution in [0.3, 0.4) is 0 Å². The number of nitrogens with one attached hydrogen (secondary N) is 2. The fourth-order valence-corrected chi connectivity index (χ4v) is 3.40. The van der Waals surface area contributed by atoms with Crippen molar-refractivity contribution in [2.45, 2.75) is 32.2 Å². The fraction of sp³-hybridized carbons (Fsp3) is 0.261. The second-order valence-corrected chi connectivity index (χ2v) is 6.94. The lowest BCUT2D eigenvalue weighted by atomic mass is 9.88. The second kappa shape index (κ2) is 9.68. The number of carbonyl (C=O) groups excluding carboxylic acids is 3. The van der Waals surface area contributed by atoms with Gasteiger partial charge in [0.25, 0.3) is 5.91 Å². The van der Waals surface area contributed by atoms with Crippen molar-refractivity contribution in [3.05, 3.63) is 77.0 Å². The van der Waals surface area contributed by atoms with E-state index < -0.39 is 18.5 Å². The Morgan fingerprint density at radius 2 is 1.79 bits per heavy atom. The predicted molar refractivity (Wildman–Crippen MR) is 109 cm³/mol. The van der Waals surface area contributed by atoms with Crippen LogP contribution in [-0.2, 0) is 25.5 Å². The lowest BCUT2D eigenvalue weighted by Crippen LogP contribution is -2.35. The zero-order valence-electron chi connectivity index (χ0n) is 16.3. The van der Waals surface area contributed by atoms with Gasteiger partial charge in [0.15, 0.2) is 6.61 Å². The van der Waals surface area contributed by atoms with Gasteiger partial charge < -0.3 is 15.4 Å². The van der Waals surface area contributed by atoms with Gasteiger partial charge in [-0.15, -0.1) is 0 Å². The van der Waals surface area contributed by atoms with E-state index in [-0.39, 0.29) is 17.6 Å². The Morgan fingerprint density at radius 3 is 2.55 bits per heavy atom. The minimum absolute atomic E-state index is 0.0143. The van der Waals surface area contributed by atoms with Gasteiger partial charge in [-0.05, 0) is 42.0 Å². The van der Waals surface area contributed by atoms with Gasteiger partial charge in [-0.25, -0.2) is 4.79 Å². The molecule has 0 fully saturated rings.